The van der Waals surface area contributed by atoms with E-state index in [9.17, 15) is 8.42 Å². The summed E-state index contributed by atoms with van der Waals surface area (Å²) >= 11 is 0. The van der Waals surface area contributed by atoms with Crippen LogP contribution < -0.4 is 10.0 Å². The molecular formula is C15H20N2O2S. The van der Waals surface area contributed by atoms with E-state index in [0.717, 1.165) is 24.9 Å². The second-order valence-corrected chi connectivity index (χ2v) is 6.79. The molecule has 0 amide bonds. The largest absolute Gasteiger partial charge is 0.381 e. The van der Waals surface area contributed by atoms with Gasteiger partial charge in [0.15, 0.2) is 0 Å². The Balaban J connectivity index is 2.04. The van der Waals surface area contributed by atoms with Gasteiger partial charge in [0.1, 0.15) is 0 Å². The van der Waals surface area contributed by atoms with Crippen LogP contribution in [0.25, 0.3) is 0 Å². The first kappa shape index (κ1) is 14.9. The normalized spacial score (nSPS) is 16.4. The number of rotatable bonds is 7. The van der Waals surface area contributed by atoms with Crippen LogP contribution in [0.2, 0.25) is 0 Å². The highest BCUT2D eigenvalue weighted by Crippen LogP contribution is 2.23. The fourth-order valence-corrected chi connectivity index (χ4v) is 3.20. The predicted molar refractivity (Wildman–Crippen MR) is 80.9 cm³/mol. The summed E-state index contributed by atoms with van der Waals surface area (Å²) in [5, 5.41) is 3.30. The SMILES string of the molecule is C#CCC(CC)Nc1ccc(S(=O)(=O)NC2CC2)cc1. The number of sulfonamides is 1. The van der Waals surface area contributed by atoms with Crippen LogP contribution in [-0.2, 0) is 10.0 Å². The van der Waals surface area contributed by atoms with E-state index in [1.807, 2.05) is 0 Å². The van der Waals surface area contributed by atoms with Crippen LogP contribution in [0.15, 0.2) is 29.2 Å². The second kappa shape index (κ2) is 6.29. The van der Waals surface area contributed by atoms with Gasteiger partial charge >= 0.3 is 0 Å². The van der Waals surface area contributed by atoms with Gasteiger partial charge in [-0.25, -0.2) is 13.1 Å². The van der Waals surface area contributed by atoms with Gasteiger partial charge < -0.3 is 5.32 Å². The van der Waals surface area contributed by atoms with Gasteiger partial charge in [0.25, 0.3) is 0 Å². The molecule has 0 radical (unpaired) electrons. The van der Waals surface area contributed by atoms with E-state index in [1.54, 1.807) is 24.3 Å². The molecule has 5 heteroatoms. The number of hydrogen-bond donors (Lipinski definition) is 2. The van der Waals surface area contributed by atoms with E-state index in [0.29, 0.717) is 11.3 Å². The Morgan fingerprint density at radius 3 is 2.50 bits per heavy atom. The Morgan fingerprint density at radius 2 is 2.00 bits per heavy atom. The summed E-state index contributed by atoms with van der Waals surface area (Å²) in [6.07, 6.45) is 8.76. The molecule has 1 aromatic carbocycles. The standard InChI is InChI=1S/C15H20N2O2S/c1-3-5-12(4-2)16-13-8-10-15(11-9-13)20(18,19)17-14-6-7-14/h1,8-12,14,16-17H,4-7H2,2H3. The summed E-state index contributed by atoms with van der Waals surface area (Å²) in [5.41, 5.74) is 0.887. The van der Waals surface area contributed by atoms with Crippen LogP contribution in [0.1, 0.15) is 32.6 Å². The molecule has 1 unspecified atom stereocenters. The topological polar surface area (TPSA) is 58.2 Å². The lowest BCUT2D eigenvalue weighted by Crippen LogP contribution is -2.25. The molecule has 0 bridgehead atoms. The highest BCUT2D eigenvalue weighted by atomic mass is 32.2. The maximum atomic E-state index is 12.0. The molecule has 0 heterocycles. The maximum Gasteiger partial charge on any atom is 0.240 e. The number of anilines is 1. The Labute approximate surface area is 121 Å². The van der Waals surface area contributed by atoms with Gasteiger partial charge in [0.05, 0.1) is 4.90 Å². The predicted octanol–water partition coefficient (Wildman–Crippen LogP) is 2.34. The molecule has 0 aliphatic heterocycles. The van der Waals surface area contributed by atoms with Gasteiger partial charge in [-0.05, 0) is 43.5 Å². The summed E-state index contributed by atoms with van der Waals surface area (Å²) in [7, 11) is -3.37. The van der Waals surface area contributed by atoms with Crippen LogP contribution >= 0.6 is 0 Å². The lowest BCUT2D eigenvalue weighted by atomic mass is 10.1. The Morgan fingerprint density at radius 1 is 1.35 bits per heavy atom. The molecule has 2 N–H and O–H groups in total. The first-order valence-electron chi connectivity index (χ1n) is 6.87. The van der Waals surface area contributed by atoms with E-state index in [1.165, 1.54) is 0 Å². The average molecular weight is 292 g/mol. The van der Waals surface area contributed by atoms with E-state index >= 15 is 0 Å². The van der Waals surface area contributed by atoms with Gasteiger partial charge in [-0.1, -0.05) is 6.92 Å². The van der Waals surface area contributed by atoms with Crippen molar-refractivity contribution in [2.24, 2.45) is 0 Å². The van der Waals surface area contributed by atoms with E-state index in [2.05, 4.69) is 22.9 Å². The van der Waals surface area contributed by atoms with Gasteiger partial charge in [-0.3, -0.25) is 0 Å². The molecule has 108 valence electrons. The average Bonchev–Trinajstić information content (AvgIpc) is 3.22. The zero-order valence-corrected chi connectivity index (χ0v) is 12.4. The monoisotopic (exact) mass is 292 g/mol. The first-order chi connectivity index (χ1) is 9.55. The summed E-state index contributed by atoms with van der Waals surface area (Å²) in [6, 6.07) is 7.14. The summed E-state index contributed by atoms with van der Waals surface area (Å²) in [6.45, 7) is 2.06. The Bertz CT molecular complexity index is 583. The van der Waals surface area contributed by atoms with Gasteiger partial charge in [0.2, 0.25) is 10.0 Å². The molecule has 0 spiro atoms. The molecule has 1 aromatic rings. The Hall–Kier alpha value is -1.51. The quantitative estimate of drug-likeness (QED) is 0.758. The molecule has 1 fully saturated rings. The van der Waals surface area contributed by atoms with Gasteiger partial charge in [-0.15, -0.1) is 12.3 Å². The minimum atomic E-state index is -3.37. The van der Waals surface area contributed by atoms with Crippen molar-refractivity contribution in [2.45, 2.75) is 49.6 Å². The number of nitrogens with one attached hydrogen (secondary N) is 2. The summed E-state index contributed by atoms with van der Waals surface area (Å²) < 4.78 is 26.7. The van der Waals surface area contributed by atoms with Crippen molar-refractivity contribution < 1.29 is 8.42 Å². The van der Waals surface area contributed by atoms with Crippen LogP contribution in [0.3, 0.4) is 0 Å². The molecular weight excluding hydrogens is 272 g/mol. The lowest BCUT2D eigenvalue weighted by molar-refractivity contribution is 0.581. The van der Waals surface area contributed by atoms with Crippen molar-refractivity contribution in [1.82, 2.24) is 4.72 Å². The maximum absolute atomic E-state index is 12.0. The molecule has 0 saturated heterocycles. The molecule has 2 rings (SSSR count). The van der Waals surface area contributed by atoms with Crippen LogP contribution in [-0.4, -0.2) is 20.5 Å². The molecule has 0 aromatic heterocycles. The van der Waals surface area contributed by atoms with Crippen molar-refractivity contribution in [3.05, 3.63) is 24.3 Å². The second-order valence-electron chi connectivity index (χ2n) is 5.08. The van der Waals surface area contributed by atoms with Crippen LogP contribution in [0.4, 0.5) is 5.69 Å². The van der Waals surface area contributed by atoms with Crippen molar-refractivity contribution in [2.75, 3.05) is 5.32 Å². The van der Waals surface area contributed by atoms with E-state index < -0.39 is 10.0 Å². The fourth-order valence-electron chi connectivity index (χ4n) is 1.89. The van der Waals surface area contributed by atoms with Crippen LogP contribution in [0.5, 0.6) is 0 Å². The van der Waals surface area contributed by atoms with E-state index in [-0.39, 0.29) is 12.1 Å². The zero-order chi connectivity index (χ0) is 14.6. The highest BCUT2D eigenvalue weighted by molar-refractivity contribution is 7.89. The summed E-state index contributed by atoms with van der Waals surface area (Å²) in [4.78, 5) is 0.306. The third-order valence-corrected chi connectivity index (χ3v) is 4.83. The number of terminal acetylenes is 1. The molecule has 1 saturated carbocycles. The van der Waals surface area contributed by atoms with Crippen molar-refractivity contribution in [3.8, 4) is 12.3 Å². The van der Waals surface area contributed by atoms with Crippen molar-refractivity contribution in [3.63, 3.8) is 0 Å². The molecule has 1 aliphatic carbocycles. The molecule has 20 heavy (non-hydrogen) atoms. The van der Waals surface area contributed by atoms with Crippen LogP contribution in [0, 0.1) is 12.3 Å². The minimum absolute atomic E-state index is 0.123. The van der Waals surface area contributed by atoms with Crippen molar-refractivity contribution in [1.29, 1.82) is 0 Å². The highest BCUT2D eigenvalue weighted by Gasteiger charge is 2.27. The van der Waals surface area contributed by atoms with Crippen molar-refractivity contribution >= 4 is 15.7 Å². The zero-order valence-electron chi connectivity index (χ0n) is 11.6. The molecule has 1 aliphatic rings. The fraction of sp³-hybridized carbons (Fsp3) is 0.467. The van der Waals surface area contributed by atoms with E-state index in [4.69, 9.17) is 6.42 Å². The number of benzene rings is 1. The third-order valence-electron chi connectivity index (χ3n) is 3.29. The molecule has 4 nitrogen and oxygen atoms in total. The van der Waals surface area contributed by atoms with Gasteiger partial charge in [0, 0.05) is 24.2 Å². The third kappa shape index (κ3) is 3.99. The number of hydrogen-bond acceptors (Lipinski definition) is 3. The first-order valence-corrected chi connectivity index (χ1v) is 8.36. The lowest BCUT2D eigenvalue weighted by Gasteiger charge is -2.16. The Kier molecular flexibility index (Phi) is 4.69. The smallest absolute Gasteiger partial charge is 0.240 e. The molecule has 1 atom stereocenters. The summed E-state index contributed by atoms with van der Waals surface area (Å²) in [5.74, 6) is 2.63. The minimum Gasteiger partial charge on any atom is -0.381 e. The van der Waals surface area contributed by atoms with Gasteiger partial charge in [-0.2, -0.15) is 0 Å².